The Morgan fingerprint density at radius 1 is 1.16 bits per heavy atom. The van der Waals surface area contributed by atoms with Gasteiger partial charge >= 0.3 is 0 Å². The highest BCUT2D eigenvalue weighted by atomic mass is 16.5. The van der Waals surface area contributed by atoms with Crippen LogP contribution in [-0.4, -0.2) is 16.7 Å². The minimum Gasteiger partial charge on any atom is -0.492 e. The first-order chi connectivity index (χ1) is 9.14. The summed E-state index contributed by atoms with van der Waals surface area (Å²) in [6.07, 6.45) is 4.28. The Kier molecular flexibility index (Phi) is 4.17. The second-order valence-electron chi connectivity index (χ2n) is 4.70. The maximum atomic E-state index is 10.7. The predicted molar refractivity (Wildman–Crippen MR) is 75.1 cm³/mol. The number of benzene rings is 1. The molecular weight excluding hydrogens is 238 g/mol. The van der Waals surface area contributed by atoms with Crippen molar-refractivity contribution >= 4 is 0 Å². The highest BCUT2D eigenvalue weighted by molar-refractivity contribution is 5.36. The second-order valence-corrected chi connectivity index (χ2v) is 4.70. The number of aliphatic hydroxyl groups is 1. The van der Waals surface area contributed by atoms with Crippen molar-refractivity contribution in [2.75, 3.05) is 6.61 Å². The number of aromatic nitrogens is 1. The van der Waals surface area contributed by atoms with Gasteiger partial charge in [-0.2, -0.15) is 0 Å². The first-order valence-corrected chi connectivity index (χ1v) is 6.51. The molecule has 0 aliphatic carbocycles. The molecule has 1 aromatic heterocycles. The van der Waals surface area contributed by atoms with Gasteiger partial charge in [-0.15, -0.1) is 0 Å². The molecule has 3 heteroatoms. The summed E-state index contributed by atoms with van der Waals surface area (Å²) in [6.45, 7) is 4.47. The van der Waals surface area contributed by atoms with Crippen LogP contribution in [0.1, 0.15) is 31.4 Å². The molecular formula is C16H19NO2. The molecule has 1 N–H and O–H groups in total. The Morgan fingerprint density at radius 3 is 2.58 bits per heavy atom. The Bertz CT molecular complexity index is 523. The van der Waals surface area contributed by atoms with Crippen LogP contribution < -0.4 is 4.74 Å². The van der Waals surface area contributed by atoms with Gasteiger partial charge in [0.05, 0.1) is 12.8 Å². The predicted octanol–water partition coefficient (Wildman–Crippen LogP) is 3.13. The van der Waals surface area contributed by atoms with E-state index in [2.05, 4.69) is 11.9 Å². The summed E-state index contributed by atoms with van der Waals surface area (Å²) in [6, 6.07) is 11.4. The Balaban J connectivity index is 2.30. The van der Waals surface area contributed by atoms with Crippen LogP contribution in [0, 0.1) is 0 Å². The van der Waals surface area contributed by atoms with E-state index in [0.29, 0.717) is 12.4 Å². The van der Waals surface area contributed by atoms with Gasteiger partial charge < -0.3 is 9.84 Å². The van der Waals surface area contributed by atoms with E-state index in [9.17, 15) is 5.11 Å². The molecule has 0 bridgehead atoms. The number of pyridine rings is 1. The molecule has 1 atom stereocenters. The average molecular weight is 257 g/mol. The van der Waals surface area contributed by atoms with Crippen LogP contribution in [0.4, 0.5) is 0 Å². The van der Waals surface area contributed by atoms with E-state index in [4.69, 9.17) is 4.74 Å². The van der Waals surface area contributed by atoms with E-state index < -0.39 is 5.60 Å². The van der Waals surface area contributed by atoms with Crippen molar-refractivity contribution in [3.63, 3.8) is 0 Å². The monoisotopic (exact) mass is 257 g/mol. The molecule has 0 amide bonds. The molecule has 2 aromatic rings. The smallest absolute Gasteiger partial charge is 0.137 e. The molecule has 0 radical (unpaired) electrons. The quantitative estimate of drug-likeness (QED) is 0.894. The molecule has 0 aliphatic heterocycles. The average Bonchev–Trinajstić information content (AvgIpc) is 2.46. The van der Waals surface area contributed by atoms with Gasteiger partial charge in [0.25, 0.3) is 0 Å². The summed E-state index contributed by atoms with van der Waals surface area (Å²) < 4.78 is 5.55. The SMILES string of the molecule is CCCOc1cncc(C(C)(O)c2ccccc2)c1. The third-order valence-electron chi connectivity index (χ3n) is 3.08. The first-order valence-electron chi connectivity index (χ1n) is 6.51. The minimum atomic E-state index is -1.07. The van der Waals surface area contributed by atoms with E-state index in [1.807, 2.05) is 36.4 Å². The standard InChI is InChI=1S/C16H19NO2/c1-3-9-19-15-10-14(11-17-12-15)16(2,18)13-7-5-4-6-8-13/h4-8,10-12,18H,3,9H2,1-2H3. The minimum absolute atomic E-state index is 0.651. The molecule has 0 saturated heterocycles. The van der Waals surface area contributed by atoms with E-state index in [1.165, 1.54) is 0 Å². The lowest BCUT2D eigenvalue weighted by Gasteiger charge is -2.24. The van der Waals surface area contributed by atoms with Crippen LogP contribution >= 0.6 is 0 Å². The fourth-order valence-corrected chi connectivity index (χ4v) is 1.91. The zero-order valence-corrected chi connectivity index (χ0v) is 11.3. The molecule has 0 aliphatic rings. The van der Waals surface area contributed by atoms with Gasteiger partial charge in [-0.05, 0) is 25.0 Å². The number of hydrogen-bond acceptors (Lipinski definition) is 3. The first kappa shape index (κ1) is 13.6. The molecule has 2 rings (SSSR count). The van der Waals surface area contributed by atoms with Crippen LogP contribution in [-0.2, 0) is 5.60 Å². The highest BCUT2D eigenvalue weighted by Gasteiger charge is 2.26. The van der Waals surface area contributed by atoms with Crippen LogP contribution in [0.3, 0.4) is 0 Å². The van der Waals surface area contributed by atoms with Crippen molar-refractivity contribution in [2.24, 2.45) is 0 Å². The summed E-state index contributed by atoms with van der Waals surface area (Å²) in [5, 5.41) is 10.7. The summed E-state index contributed by atoms with van der Waals surface area (Å²) in [4.78, 5) is 4.14. The van der Waals surface area contributed by atoms with E-state index >= 15 is 0 Å². The van der Waals surface area contributed by atoms with Gasteiger partial charge in [-0.1, -0.05) is 37.3 Å². The maximum Gasteiger partial charge on any atom is 0.137 e. The fraction of sp³-hybridized carbons (Fsp3) is 0.312. The van der Waals surface area contributed by atoms with Crippen LogP contribution in [0.25, 0.3) is 0 Å². The third-order valence-corrected chi connectivity index (χ3v) is 3.08. The van der Waals surface area contributed by atoms with Gasteiger partial charge in [0, 0.05) is 11.8 Å². The van der Waals surface area contributed by atoms with Gasteiger partial charge in [0.15, 0.2) is 0 Å². The highest BCUT2D eigenvalue weighted by Crippen LogP contribution is 2.30. The van der Waals surface area contributed by atoms with E-state index in [1.54, 1.807) is 19.3 Å². The Morgan fingerprint density at radius 2 is 1.89 bits per heavy atom. The summed E-state index contributed by atoms with van der Waals surface area (Å²) >= 11 is 0. The molecule has 3 nitrogen and oxygen atoms in total. The van der Waals surface area contributed by atoms with Crippen molar-refractivity contribution in [3.05, 3.63) is 59.9 Å². The van der Waals surface area contributed by atoms with Crippen molar-refractivity contribution < 1.29 is 9.84 Å². The second kappa shape index (κ2) is 5.85. The Labute approximate surface area is 113 Å². The number of nitrogens with zero attached hydrogens (tertiary/aromatic N) is 1. The molecule has 100 valence electrons. The maximum absolute atomic E-state index is 10.7. The zero-order chi connectivity index (χ0) is 13.7. The summed E-state index contributed by atoms with van der Waals surface area (Å²) in [5.74, 6) is 0.690. The molecule has 1 heterocycles. The Hall–Kier alpha value is -1.87. The number of rotatable bonds is 5. The largest absolute Gasteiger partial charge is 0.492 e. The van der Waals surface area contributed by atoms with Crippen LogP contribution in [0.2, 0.25) is 0 Å². The van der Waals surface area contributed by atoms with Crippen molar-refractivity contribution in [3.8, 4) is 5.75 Å². The lowest BCUT2D eigenvalue weighted by atomic mass is 9.89. The van der Waals surface area contributed by atoms with Crippen molar-refractivity contribution in [1.29, 1.82) is 0 Å². The normalized spacial score (nSPS) is 13.8. The van der Waals surface area contributed by atoms with Gasteiger partial charge in [-0.3, -0.25) is 4.98 Å². The van der Waals surface area contributed by atoms with Gasteiger partial charge in [0.2, 0.25) is 0 Å². The summed E-state index contributed by atoms with van der Waals surface area (Å²) in [7, 11) is 0. The molecule has 1 aromatic carbocycles. The third kappa shape index (κ3) is 3.12. The molecule has 1 unspecified atom stereocenters. The van der Waals surface area contributed by atoms with Gasteiger partial charge in [0.1, 0.15) is 11.4 Å². The number of ether oxygens (including phenoxy) is 1. The van der Waals surface area contributed by atoms with Crippen molar-refractivity contribution in [2.45, 2.75) is 25.9 Å². The van der Waals surface area contributed by atoms with E-state index in [-0.39, 0.29) is 0 Å². The van der Waals surface area contributed by atoms with Crippen LogP contribution in [0.15, 0.2) is 48.8 Å². The molecule has 0 fully saturated rings. The topological polar surface area (TPSA) is 42.4 Å². The fourth-order valence-electron chi connectivity index (χ4n) is 1.91. The lowest BCUT2D eigenvalue weighted by Crippen LogP contribution is -2.22. The molecule has 19 heavy (non-hydrogen) atoms. The van der Waals surface area contributed by atoms with Crippen molar-refractivity contribution in [1.82, 2.24) is 4.98 Å². The zero-order valence-electron chi connectivity index (χ0n) is 11.3. The molecule has 0 spiro atoms. The number of hydrogen-bond donors (Lipinski definition) is 1. The van der Waals surface area contributed by atoms with Gasteiger partial charge in [-0.25, -0.2) is 0 Å². The van der Waals surface area contributed by atoms with Crippen LogP contribution in [0.5, 0.6) is 5.75 Å². The lowest BCUT2D eigenvalue weighted by molar-refractivity contribution is 0.101. The molecule has 0 saturated carbocycles. The summed E-state index contributed by atoms with van der Waals surface area (Å²) in [5.41, 5.74) is 0.497. The van der Waals surface area contributed by atoms with E-state index in [0.717, 1.165) is 17.5 Å².